The van der Waals surface area contributed by atoms with E-state index in [9.17, 15) is 4.79 Å². The van der Waals surface area contributed by atoms with E-state index in [4.69, 9.17) is 13.9 Å². The first-order valence-electron chi connectivity index (χ1n) is 8.70. The SMILES string of the molecule is CCCCOc1ccc(C(=O)Nc2ccc(-c3nnco3)cc2)cc1OC. The number of aromatic nitrogens is 2. The van der Waals surface area contributed by atoms with E-state index in [0.29, 0.717) is 35.2 Å². The lowest BCUT2D eigenvalue weighted by atomic mass is 10.1. The predicted octanol–water partition coefficient (Wildman–Crippen LogP) is 4.18. The molecule has 3 rings (SSSR count). The van der Waals surface area contributed by atoms with Gasteiger partial charge in [0.2, 0.25) is 12.3 Å². The second-order valence-corrected chi connectivity index (χ2v) is 5.84. The standard InChI is InChI=1S/C20H21N3O4/c1-3-4-11-26-17-10-7-15(12-18(17)25-2)19(24)22-16-8-5-14(6-9-16)20-23-21-13-27-20/h5-10,12-13H,3-4,11H2,1-2H3,(H,22,24). The molecular formula is C20H21N3O4. The Morgan fingerprint density at radius 1 is 1.15 bits per heavy atom. The Labute approximate surface area is 157 Å². The van der Waals surface area contributed by atoms with Crippen molar-refractivity contribution in [3.63, 3.8) is 0 Å². The number of hydrogen-bond acceptors (Lipinski definition) is 6. The normalized spacial score (nSPS) is 10.4. The van der Waals surface area contributed by atoms with Gasteiger partial charge < -0.3 is 19.2 Å². The highest BCUT2D eigenvalue weighted by atomic mass is 16.5. The van der Waals surface area contributed by atoms with Crippen molar-refractivity contribution in [1.29, 1.82) is 0 Å². The Hall–Kier alpha value is -3.35. The van der Waals surface area contributed by atoms with Crippen molar-refractivity contribution in [2.24, 2.45) is 0 Å². The topological polar surface area (TPSA) is 86.5 Å². The largest absolute Gasteiger partial charge is 0.493 e. The maximum absolute atomic E-state index is 12.5. The fourth-order valence-electron chi connectivity index (χ4n) is 2.45. The summed E-state index contributed by atoms with van der Waals surface area (Å²) in [6.45, 7) is 2.72. The molecule has 1 N–H and O–H groups in total. The molecule has 3 aromatic rings. The Balaban J connectivity index is 1.68. The quantitative estimate of drug-likeness (QED) is 0.601. The highest BCUT2D eigenvalue weighted by molar-refractivity contribution is 6.04. The average molecular weight is 367 g/mol. The number of carbonyl (C=O) groups excluding carboxylic acids is 1. The van der Waals surface area contributed by atoms with Gasteiger partial charge in [0.05, 0.1) is 13.7 Å². The van der Waals surface area contributed by atoms with Crippen molar-refractivity contribution in [3.05, 3.63) is 54.4 Å². The number of ether oxygens (including phenoxy) is 2. The van der Waals surface area contributed by atoms with Gasteiger partial charge in [-0.15, -0.1) is 10.2 Å². The molecule has 7 nitrogen and oxygen atoms in total. The molecule has 140 valence electrons. The molecule has 27 heavy (non-hydrogen) atoms. The molecule has 0 bridgehead atoms. The summed E-state index contributed by atoms with van der Waals surface area (Å²) in [7, 11) is 1.56. The number of amides is 1. The minimum Gasteiger partial charge on any atom is -0.493 e. The zero-order chi connectivity index (χ0) is 19.1. The number of nitrogens with one attached hydrogen (secondary N) is 1. The molecule has 1 heterocycles. The number of benzene rings is 2. The van der Waals surface area contributed by atoms with E-state index in [-0.39, 0.29) is 5.91 Å². The third-order valence-electron chi connectivity index (χ3n) is 3.93. The second-order valence-electron chi connectivity index (χ2n) is 5.84. The highest BCUT2D eigenvalue weighted by Gasteiger charge is 2.12. The van der Waals surface area contributed by atoms with Crippen LogP contribution < -0.4 is 14.8 Å². The molecule has 0 aliphatic rings. The van der Waals surface area contributed by atoms with E-state index in [1.165, 1.54) is 6.39 Å². The highest BCUT2D eigenvalue weighted by Crippen LogP contribution is 2.29. The summed E-state index contributed by atoms with van der Waals surface area (Å²) in [5.74, 6) is 1.35. The number of nitrogens with zero attached hydrogens (tertiary/aromatic N) is 2. The van der Waals surface area contributed by atoms with Crippen LogP contribution >= 0.6 is 0 Å². The van der Waals surface area contributed by atoms with E-state index in [1.807, 2.05) is 0 Å². The molecule has 0 unspecified atom stereocenters. The summed E-state index contributed by atoms with van der Waals surface area (Å²) in [5, 5.41) is 10.3. The summed E-state index contributed by atoms with van der Waals surface area (Å²) in [6, 6.07) is 12.3. The van der Waals surface area contributed by atoms with Gasteiger partial charge in [0, 0.05) is 16.8 Å². The fraction of sp³-hybridized carbons (Fsp3) is 0.250. The van der Waals surface area contributed by atoms with Gasteiger partial charge in [-0.25, -0.2) is 0 Å². The monoisotopic (exact) mass is 367 g/mol. The van der Waals surface area contributed by atoms with Gasteiger partial charge >= 0.3 is 0 Å². The molecule has 0 saturated heterocycles. The second kappa shape index (κ2) is 8.84. The molecule has 2 aromatic carbocycles. The van der Waals surface area contributed by atoms with Crippen LogP contribution in [-0.4, -0.2) is 29.8 Å². The Morgan fingerprint density at radius 3 is 2.63 bits per heavy atom. The number of unbranched alkanes of at least 4 members (excludes halogenated alkanes) is 1. The molecule has 1 amide bonds. The average Bonchev–Trinajstić information content (AvgIpc) is 3.23. The summed E-state index contributed by atoms with van der Waals surface area (Å²) >= 11 is 0. The van der Waals surface area contributed by atoms with Crippen molar-refractivity contribution in [3.8, 4) is 23.0 Å². The first-order valence-corrected chi connectivity index (χ1v) is 8.70. The van der Waals surface area contributed by atoms with Crippen LogP contribution in [0.25, 0.3) is 11.5 Å². The summed E-state index contributed by atoms with van der Waals surface area (Å²) in [6.07, 6.45) is 3.28. The molecule has 0 radical (unpaired) electrons. The number of methoxy groups -OCH3 is 1. The van der Waals surface area contributed by atoms with Crippen LogP contribution in [0.2, 0.25) is 0 Å². The first kappa shape index (κ1) is 18.4. The van der Waals surface area contributed by atoms with E-state index in [2.05, 4.69) is 22.4 Å². The van der Waals surface area contributed by atoms with Gasteiger partial charge in [-0.2, -0.15) is 0 Å². The molecule has 0 atom stereocenters. The lowest BCUT2D eigenvalue weighted by Crippen LogP contribution is -2.12. The van der Waals surface area contributed by atoms with Crippen molar-refractivity contribution in [2.45, 2.75) is 19.8 Å². The minimum absolute atomic E-state index is 0.237. The van der Waals surface area contributed by atoms with Crippen LogP contribution in [0.4, 0.5) is 5.69 Å². The third-order valence-corrected chi connectivity index (χ3v) is 3.93. The van der Waals surface area contributed by atoms with Gasteiger partial charge in [0.1, 0.15) is 0 Å². The van der Waals surface area contributed by atoms with Crippen molar-refractivity contribution in [1.82, 2.24) is 10.2 Å². The molecule has 0 aliphatic carbocycles. The molecule has 7 heteroatoms. The smallest absolute Gasteiger partial charge is 0.255 e. The Kier molecular flexibility index (Phi) is 6.04. The van der Waals surface area contributed by atoms with E-state index < -0.39 is 0 Å². The zero-order valence-corrected chi connectivity index (χ0v) is 15.3. The zero-order valence-electron chi connectivity index (χ0n) is 15.3. The molecule has 0 aliphatic heterocycles. The number of carbonyl (C=O) groups is 1. The van der Waals surface area contributed by atoms with Gasteiger partial charge in [-0.05, 0) is 48.9 Å². The number of rotatable bonds is 8. The van der Waals surface area contributed by atoms with Crippen molar-refractivity contribution >= 4 is 11.6 Å². The van der Waals surface area contributed by atoms with E-state index >= 15 is 0 Å². The Morgan fingerprint density at radius 2 is 1.96 bits per heavy atom. The fourth-order valence-corrected chi connectivity index (χ4v) is 2.45. The molecule has 0 saturated carbocycles. The molecule has 0 fully saturated rings. The molecule has 0 spiro atoms. The van der Waals surface area contributed by atoms with Crippen molar-refractivity contribution in [2.75, 3.05) is 19.0 Å². The molecule has 1 aromatic heterocycles. The van der Waals surface area contributed by atoms with Crippen LogP contribution in [0.5, 0.6) is 11.5 Å². The summed E-state index contributed by atoms with van der Waals surface area (Å²) in [5.41, 5.74) is 1.92. The first-order chi connectivity index (χ1) is 13.2. The molecular weight excluding hydrogens is 346 g/mol. The van der Waals surface area contributed by atoms with Crippen LogP contribution in [0.15, 0.2) is 53.3 Å². The number of anilines is 1. The van der Waals surface area contributed by atoms with Gasteiger partial charge in [-0.3, -0.25) is 4.79 Å². The van der Waals surface area contributed by atoms with Gasteiger partial charge in [-0.1, -0.05) is 13.3 Å². The van der Waals surface area contributed by atoms with Crippen molar-refractivity contribution < 1.29 is 18.7 Å². The lowest BCUT2D eigenvalue weighted by Gasteiger charge is -2.12. The summed E-state index contributed by atoms with van der Waals surface area (Å²) in [4.78, 5) is 12.5. The predicted molar refractivity (Wildman–Crippen MR) is 101 cm³/mol. The Bertz CT molecular complexity index is 877. The van der Waals surface area contributed by atoms with Gasteiger partial charge in [0.25, 0.3) is 5.91 Å². The lowest BCUT2D eigenvalue weighted by molar-refractivity contribution is 0.102. The maximum Gasteiger partial charge on any atom is 0.255 e. The third kappa shape index (κ3) is 4.63. The van der Waals surface area contributed by atoms with Crippen LogP contribution in [0.3, 0.4) is 0 Å². The number of hydrogen-bond donors (Lipinski definition) is 1. The van der Waals surface area contributed by atoms with Crippen LogP contribution in [-0.2, 0) is 0 Å². The van der Waals surface area contributed by atoms with Gasteiger partial charge in [0.15, 0.2) is 11.5 Å². The van der Waals surface area contributed by atoms with E-state index in [1.54, 1.807) is 49.6 Å². The van der Waals surface area contributed by atoms with Crippen LogP contribution in [0, 0.1) is 0 Å². The van der Waals surface area contributed by atoms with Crippen LogP contribution in [0.1, 0.15) is 30.1 Å². The summed E-state index contributed by atoms with van der Waals surface area (Å²) < 4.78 is 16.2. The maximum atomic E-state index is 12.5. The van der Waals surface area contributed by atoms with E-state index in [0.717, 1.165) is 18.4 Å². The minimum atomic E-state index is -0.237.